The molecule has 1 aliphatic carbocycles. The molecule has 5 rings (SSSR count). The van der Waals surface area contributed by atoms with Gasteiger partial charge in [0, 0.05) is 35.7 Å². The van der Waals surface area contributed by atoms with Crippen LogP contribution in [0.5, 0.6) is 0 Å². The van der Waals surface area contributed by atoms with E-state index in [9.17, 15) is 19.5 Å². The average Bonchev–Trinajstić information content (AvgIpc) is 3.44. The molecule has 4 aliphatic heterocycles. The number of amides is 1. The lowest BCUT2D eigenvalue weighted by atomic mass is 9.76. The van der Waals surface area contributed by atoms with Gasteiger partial charge in [0.15, 0.2) is 0 Å². The molecule has 0 aromatic carbocycles. The molecule has 0 saturated carbocycles. The number of aliphatic hydroxyl groups is 1. The lowest BCUT2D eigenvalue weighted by Gasteiger charge is -2.39. The van der Waals surface area contributed by atoms with Gasteiger partial charge >= 0.3 is 5.97 Å². The number of hydrogen-bond acceptors (Lipinski definition) is 7. The van der Waals surface area contributed by atoms with Crippen molar-refractivity contribution in [2.75, 3.05) is 39.4 Å². The maximum atomic E-state index is 13.3. The van der Waals surface area contributed by atoms with Gasteiger partial charge in [0.1, 0.15) is 19.0 Å². The van der Waals surface area contributed by atoms with E-state index in [1.807, 2.05) is 0 Å². The highest BCUT2D eigenvalue weighted by Crippen LogP contribution is 2.44. The first-order valence-corrected chi connectivity index (χ1v) is 11.5. The Kier molecular flexibility index (Phi) is 5.42. The molecule has 0 aromatic rings. The van der Waals surface area contributed by atoms with Gasteiger partial charge in [-0.1, -0.05) is 11.6 Å². The largest absolute Gasteiger partial charge is 0.496 e. The number of Topliss-reactive ketones (excluding diaryl/α,β-unsaturated/α-hetero) is 1. The molecule has 0 radical (unpaired) electrons. The smallest absolute Gasteiger partial charge is 0.336 e. The average molecular weight is 463 g/mol. The second-order valence-corrected chi connectivity index (χ2v) is 9.81. The number of likely N-dealkylation sites (tertiary alicyclic amines) is 2. The molecule has 9 heteroatoms. The minimum Gasteiger partial charge on any atom is -0.496 e. The van der Waals surface area contributed by atoms with Crippen LogP contribution in [0.2, 0.25) is 0 Å². The third-order valence-electron chi connectivity index (χ3n) is 7.67. The SMILES string of the molecule is CC1=C(N2CCC3(CCN(CC(O)C4C(=O)CC5=COCC5=C4Cl)CC3)C2=O)COC1=O. The summed E-state index contributed by atoms with van der Waals surface area (Å²) in [5.41, 5.74) is 2.42. The van der Waals surface area contributed by atoms with Crippen molar-refractivity contribution in [2.24, 2.45) is 11.3 Å². The van der Waals surface area contributed by atoms with Gasteiger partial charge in [-0.2, -0.15) is 0 Å². The third-order valence-corrected chi connectivity index (χ3v) is 8.14. The number of hydrogen-bond donors (Lipinski definition) is 1. The predicted octanol–water partition coefficient (Wildman–Crippen LogP) is 1.49. The summed E-state index contributed by atoms with van der Waals surface area (Å²) in [7, 11) is 0. The number of β-amino-alcohol motifs (C(OH)–C–C–N with tert-alkyl or cyclic N) is 1. The third kappa shape index (κ3) is 3.40. The highest BCUT2D eigenvalue weighted by atomic mass is 35.5. The van der Waals surface area contributed by atoms with E-state index >= 15 is 0 Å². The van der Waals surface area contributed by atoms with Crippen molar-refractivity contribution in [3.05, 3.63) is 33.7 Å². The van der Waals surface area contributed by atoms with Crippen molar-refractivity contribution < 1.29 is 29.0 Å². The van der Waals surface area contributed by atoms with E-state index in [0.29, 0.717) is 61.9 Å². The number of carbonyl (C=O) groups is 3. The fourth-order valence-corrected chi connectivity index (χ4v) is 6.04. The van der Waals surface area contributed by atoms with Gasteiger partial charge in [-0.05, 0) is 39.3 Å². The number of aliphatic hydroxyl groups excluding tert-OH is 1. The predicted molar refractivity (Wildman–Crippen MR) is 114 cm³/mol. The van der Waals surface area contributed by atoms with Crippen molar-refractivity contribution in [3.63, 3.8) is 0 Å². The highest BCUT2D eigenvalue weighted by molar-refractivity contribution is 6.32. The second-order valence-electron chi connectivity index (χ2n) is 9.40. The lowest BCUT2D eigenvalue weighted by Crippen LogP contribution is -2.48. The van der Waals surface area contributed by atoms with E-state index in [2.05, 4.69) is 4.90 Å². The molecule has 172 valence electrons. The van der Waals surface area contributed by atoms with E-state index in [1.54, 1.807) is 18.1 Å². The molecular weight excluding hydrogens is 436 g/mol. The number of rotatable bonds is 4. The first kappa shape index (κ1) is 21.7. The van der Waals surface area contributed by atoms with Gasteiger partial charge in [0.2, 0.25) is 5.91 Å². The van der Waals surface area contributed by atoms with Crippen LogP contribution in [0.1, 0.15) is 32.6 Å². The number of ketones is 1. The standard InChI is InChI=1S/C23H27ClN2O6/c1-13-16(12-32-21(13)29)26-7-4-23(22(26)30)2-5-25(6-3-23)9-18(28)19-17(27)8-14-10-31-11-15(14)20(19)24/h10,18-19,28H,2-9,11-12H2,1H3. The topological polar surface area (TPSA) is 96.4 Å². The Bertz CT molecular complexity index is 975. The summed E-state index contributed by atoms with van der Waals surface area (Å²) in [5.74, 6) is -1.09. The fraction of sp³-hybridized carbons (Fsp3) is 0.609. The monoisotopic (exact) mass is 462 g/mol. The van der Waals surface area contributed by atoms with Crippen LogP contribution in [0.4, 0.5) is 0 Å². The summed E-state index contributed by atoms with van der Waals surface area (Å²) >= 11 is 6.48. The normalized spacial score (nSPS) is 29.0. The van der Waals surface area contributed by atoms with E-state index in [-0.39, 0.29) is 30.7 Å². The van der Waals surface area contributed by atoms with Crippen molar-refractivity contribution in [1.29, 1.82) is 0 Å². The van der Waals surface area contributed by atoms with Crippen LogP contribution in [0, 0.1) is 11.3 Å². The molecule has 4 heterocycles. The Morgan fingerprint density at radius 1 is 1.19 bits per heavy atom. The maximum absolute atomic E-state index is 13.3. The summed E-state index contributed by atoms with van der Waals surface area (Å²) in [4.78, 5) is 41.4. The fourth-order valence-electron chi connectivity index (χ4n) is 5.59. The Morgan fingerprint density at radius 3 is 2.59 bits per heavy atom. The quantitative estimate of drug-likeness (QED) is 0.632. The summed E-state index contributed by atoms with van der Waals surface area (Å²) in [5, 5.41) is 11.3. The van der Waals surface area contributed by atoms with Crippen LogP contribution in [0.15, 0.2) is 33.7 Å². The summed E-state index contributed by atoms with van der Waals surface area (Å²) in [6, 6.07) is 0. The summed E-state index contributed by atoms with van der Waals surface area (Å²) in [6.07, 6.45) is 3.04. The van der Waals surface area contributed by atoms with E-state index in [4.69, 9.17) is 21.1 Å². The molecule has 2 unspecified atom stereocenters. The summed E-state index contributed by atoms with van der Waals surface area (Å²) in [6.45, 7) is 4.47. The van der Waals surface area contributed by atoms with Crippen LogP contribution >= 0.6 is 11.6 Å². The van der Waals surface area contributed by atoms with E-state index in [1.165, 1.54) is 0 Å². The molecule has 1 N–H and O–H groups in total. The summed E-state index contributed by atoms with van der Waals surface area (Å²) < 4.78 is 10.4. The van der Waals surface area contributed by atoms with E-state index < -0.39 is 17.4 Å². The number of piperidine rings is 1. The van der Waals surface area contributed by atoms with Crippen molar-refractivity contribution >= 4 is 29.3 Å². The van der Waals surface area contributed by atoms with Crippen molar-refractivity contribution in [2.45, 2.75) is 38.7 Å². The Balaban J connectivity index is 1.22. The highest BCUT2D eigenvalue weighted by Gasteiger charge is 2.50. The molecule has 5 aliphatic rings. The van der Waals surface area contributed by atoms with Crippen LogP contribution in [-0.4, -0.2) is 78.1 Å². The number of esters is 1. The first-order chi connectivity index (χ1) is 15.3. The van der Waals surface area contributed by atoms with Gasteiger partial charge in [-0.3, -0.25) is 9.59 Å². The minimum absolute atomic E-state index is 0.0705. The number of nitrogens with zero attached hydrogens (tertiary/aromatic N) is 2. The maximum Gasteiger partial charge on any atom is 0.336 e. The van der Waals surface area contributed by atoms with Crippen molar-refractivity contribution in [1.82, 2.24) is 9.80 Å². The second kappa shape index (κ2) is 8.01. The van der Waals surface area contributed by atoms with E-state index in [0.717, 1.165) is 17.6 Å². The molecular formula is C23H27ClN2O6. The van der Waals surface area contributed by atoms with Gasteiger partial charge in [0.25, 0.3) is 0 Å². The molecule has 1 spiro atoms. The van der Waals surface area contributed by atoms with Gasteiger partial charge in [-0.15, -0.1) is 0 Å². The molecule has 0 bridgehead atoms. The number of cyclic esters (lactones) is 1. The number of fused-ring (bicyclic) bond motifs is 1. The molecule has 1 amide bonds. The number of carbonyl (C=O) groups excluding carboxylic acids is 3. The molecule has 2 atom stereocenters. The van der Waals surface area contributed by atoms with Gasteiger partial charge in [-0.25, -0.2) is 4.79 Å². The number of ether oxygens (including phenoxy) is 2. The van der Waals surface area contributed by atoms with Gasteiger partial charge < -0.3 is 24.4 Å². The van der Waals surface area contributed by atoms with Crippen LogP contribution in [0.25, 0.3) is 0 Å². The van der Waals surface area contributed by atoms with Crippen LogP contribution < -0.4 is 0 Å². The first-order valence-electron chi connectivity index (χ1n) is 11.1. The number of halogens is 1. The molecule has 0 aromatic heterocycles. The van der Waals surface area contributed by atoms with Crippen molar-refractivity contribution in [3.8, 4) is 0 Å². The minimum atomic E-state index is -0.899. The molecule has 2 fully saturated rings. The Labute approximate surface area is 191 Å². The Morgan fingerprint density at radius 2 is 1.91 bits per heavy atom. The van der Waals surface area contributed by atoms with Crippen LogP contribution in [-0.2, 0) is 23.9 Å². The molecule has 32 heavy (non-hydrogen) atoms. The zero-order valence-electron chi connectivity index (χ0n) is 18.1. The zero-order valence-corrected chi connectivity index (χ0v) is 18.8. The van der Waals surface area contributed by atoms with Gasteiger partial charge in [0.05, 0.1) is 35.0 Å². The lowest BCUT2D eigenvalue weighted by molar-refractivity contribution is -0.138. The molecule has 2 saturated heterocycles. The Hall–Kier alpha value is -2.16. The van der Waals surface area contributed by atoms with Crippen LogP contribution in [0.3, 0.4) is 0 Å². The zero-order chi connectivity index (χ0) is 22.6. The molecule has 8 nitrogen and oxygen atoms in total.